The quantitative estimate of drug-likeness (QED) is 0.534. The highest BCUT2D eigenvalue weighted by Gasteiger charge is 2.11. The predicted octanol–water partition coefficient (Wildman–Crippen LogP) is 3.37. The zero-order chi connectivity index (χ0) is 19.7. The van der Waals surface area contributed by atoms with Crippen molar-refractivity contribution in [2.45, 2.75) is 6.54 Å². The summed E-state index contributed by atoms with van der Waals surface area (Å²) in [6.07, 6.45) is 3.35. The number of hydrogen-bond acceptors (Lipinski definition) is 4. The summed E-state index contributed by atoms with van der Waals surface area (Å²) in [5.41, 5.74) is 2.42. The first-order valence-corrected chi connectivity index (χ1v) is 8.64. The first kappa shape index (κ1) is 17.8. The molecule has 0 radical (unpaired) electrons. The van der Waals surface area contributed by atoms with E-state index in [0.717, 1.165) is 5.56 Å². The van der Waals surface area contributed by atoms with Crippen LogP contribution in [0.4, 0.5) is 4.39 Å². The van der Waals surface area contributed by atoms with Crippen molar-refractivity contribution in [1.29, 1.82) is 0 Å². The summed E-state index contributed by atoms with van der Waals surface area (Å²) in [5, 5.41) is 4.48. The van der Waals surface area contributed by atoms with E-state index in [0.29, 0.717) is 22.5 Å². The Labute approximate surface area is 160 Å². The summed E-state index contributed by atoms with van der Waals surface area (Å²) in [6.45, 7) is 0.246. The molecule has 7 heteroatoms. The highest BCUT2D eigenvalue weighted by Crippen LogP contribution is 2.23. The van der Waals surface area contributed by atoms with E-state index >= 15 is 0 Å². The van der Waals surface area contributed by atoms with Gasteiger partial charge in [-0.05, 0) is 35.9 Å². The summed E-state index contributed by atoms with van der Waals surface area (Å²) in [7, 11) is 3.01. The van der Waals surface area contributed by atoms with E-state index < -0.39 is 5.82 Å². The van der Waals surface area contributed by atoms with E-state index in [1.807, 2.05) is 24.3 Å². The third-order valence-electron chi connectivity index (χ3n) is 4.54. The molecule has 0 aliphatic heterocycles. The summed E-state index contributed by atoms with van der Waals surface area (Å²) in [4.78, 5) is 12.9. The van der Waals surface area contributed by atoms with Gasteiger partial charge < -0.3 is 14.0 Å². The normalized spacial score (nSPS) is 11.0. The van der Waals surface area contributed by atoms with Crippen molar-refractivity contribution in [3.63, 3.8) is 0 Å². The zero-order valence-electron chi connectivity index (χ0n) is 15.4. The molecule has 0 atom stereocenters. The van der Waals surface area contributed by atoms with Crippen LogP contribution in [0.15, 0.2) is 65.7 Å². The number of aromatic nitrogens is 3. The molecule has 0 saturated heterocycles. The SMILES string of the molecule is COc1cccc(-c2cc3c(=O)n(Cc4ccc(OC)c(F)c4)ccn3n2)c1. The lowest BCUT2D eigenvalue weighted by Gasteiger charge is -2.08. The average molecular weight is 379 g/mol. The predicted molar refractivity (Wildman–Crippen MR) is 103 cm³/mol. The van der Waals surface area contributed by atoms with Gasteiger partial charge in [0.25, 0.3) is 5.56 Å². The van der Waals surface area contributed by atoms with Gasteiger partial charge in [0, 0.05) is 18.0 Å². The van der Waals surface area contributed by atoms with Gasteiger partial charge in [-0.2, -0.15) is 5.10 Å². The van der Waals surface area contributed by atoms with Crippen LogP contribution in [-0.4, -0.2) is 28.4 Å². The second kappa shape index (κ2) is 7.19. The number of nitrogens with zero attached hydrogens (tertiary/aromatic N) is 3. The molecule has 0 aliphatic rings. The summed E-state index contributed by atoms with van der Waals surface area (Å²) in [5.74, 6) is 0.428. The lowest BCUT2D eigenvalue weighted by molar-refractivity contribution is 0.386. The number of methoxy groups -OCH3 is 2. The van der Waals surface area contributed by atoms with Gasteiger partial charge in [-0.1, -0.05) is 18.2 Å². The zero-order valence-corrected chi connectivity index (χ0v) is 15.4. The van der Waals surface area contributed by atoms with E-state index in [-0.39, 0.29) is 17.9 Å². The number of fused-ring (bicyclic) bond motifs is 1. The van der Waals surface area contributed by atoms with Crippen molar-refractivity contribution in [3.8, 4) is 22.8 Å². The Morgan fingerprint density at radius 1 is 1.04 bits per heavy atom. The van der Waals surface area contributed by atoms with E-state index in [1.54, 1.807) is 42.2 Å². The van der Waals surface area contributed by atoms with E-state index in [1.165, 1.54) is 17.7 Å². The van der Waals surface area contributed by atoms with Crippen LogP contribution in [0.1, 0.15) is 5.56 Å². The maximum absolute atomic E-state index is 13.9. The Morgan fingerprint density at radius 2 is 1.89 bits per heavy atom. The molecule has 0 spiro atoms. The molecule has 28 heavy (non-hydrogen) atoms. The van der Waals surface area contributed by atoms with Gasteiger partial charge in [0.1, 0.15) is 11.3 Å². The fourth-order valence-electron chi connectivity index (χ4n) is 3.08. The molecule has 0 amide bonds. The Hall–Kier alpha value is -3.61. The summed E-state index contributed by atoms with van der Waals surface area (Å²) >= 11 is 0. The minimum absolute atomic E-state index is 0.172. The minimum atomic E-state index is -0.459. The third kappa shape index (κ3) is 3.22. The van der Waals surface area contributed by atoms with Crippen molar-refractivity contribution in [3.05, 3.63) is 82.7 Å². The van der Waals surface area contributed by atoms with Gasteiger partial charge in [-0.15, -0.1) is 0 Å². The standard InChI is InChI=1S/C21H18FN3O3/c1-27-16-5-3-4-15(11-16)18-12-19-21(26)24(8-9-25(19)23-18)13-14-6-7-20(28-2)17(22)10-14/h3-12H,13H2,1-2H3. The first-order chi connectivity index (χ1) is 13.6. The molecule has 0 fully saturated rings. The number of ether oxygens (including phenoxy) is 2. The van der Waals surface area contributed by atoms with Gasteiger partial charge in [0.2, 0.25) is 0 Å². The van der Waals surface area contributed by atoms with Crippen LogP contribution in [0.25, 0.3) is 16.8 Å². The van der Waals surface area contributed by atoms with Gasteiger partial charge in [-0.3, -0.25) is 4.79 Å². The molecule has 0 aliphatic carbocycles. The lowest BCUT2D eigenvalue weighted by atomic mass is 10.1. The molecular formula is C21H18FN3O3. The molecule has 4 rings (SSSR count). The van der Waals surface area contributed by atoms with E-state index in [9.17, 15) is 9.18 Å². The van der Waals surface area contributed by atoms with Gasteiger partial charge in [0.05, 0.1) is 26.5 Å². The Balaban J connectivity index is 1.71. The first-order valence-electron chi connectivity index (χ1n) is 8.64. The smallest absolute Gasteiger partial charge is 0.276 e. The van der Waals surface area contributed by atoms with Crippen molar-refractivity contribution in [1.82, 2.24) is 14.2 Å². The van der Waals surface area contributed by atoms with Crippen LogP contribution in [-0.2, 0) is 6.54 Å². The van der Waals surface area contributed by atoms with E-state index in [4.69, 9.17) is 9.47 Å². The number of rotatable bonds is 5. The molecule has 4 aromatic rings. The second-order valence-corrected chi connectivity index (χ2v) is 6.29. The van der Waals surface area contributed by atoms with Crippen molar-refractivity contribution in [2.75, 3.05) is 14.2 Å². The molecule has 2 heterocycles. The van der Waals surface area contributed by atoms with Crippen LogP contribution < -0.4 is 15.0 Å². The van der Waals surface area contributed by atoms with E-state index in [2.05, 4.69) is 5.10 Å². The number of benzene rings is 2. The molecule has 2 aromatic heterocycles. The van der Waals surface area contributed by atoms with Crippen LogP contribution >= 0.6 is 0 Å². The molecular weight excluding hydrogens is 361 g/mol. The van der Waals surface area contributed by atoms with Crippen LogP contribution in [0, 0.1) is 5.82 Å². The van der Waals surface area contributed by atoms with Crippen molar-refractivity contribution >= 4 is 5.52 Å². The maximum atomic E-state index is 13.9. The highest BCUT2D eigenvalue weighted by molar-refractivity contribution is 5.66. The fraction of sp³-hybridized carbons (Fsp3) is 0.143. The maximum Gasteiger partial charge on any atom is 0.276 e. The van der Waals surface area contributed by atoms with Crippen LogP contribution in [0.3, 0.4) is 0 Å². The Morgan fingerprint density at radius 3 is 2.64 bits per heavy atom. The molecule has 0 unspecified atom stereocenters. The van der Waals surface area contributed by atoms with Gasteiger partial charge in [-0.25, -0.2) is 8.91 Å². The molecule has 6 nitrogen and oxygen atoms in total. The summed E-state index contributed by atoms with van der Waals surface area (Å²) in [6, 6.07) is 13.9. The van der Waals surface area contributed by atoms with Gasteiger partial charge in [0.15, 0.2) is 11.6 Å². The van der Waals surface area contributed by atoms with Crippen LogP contribution in [0.2, 0.25) is 0 Å². The molecule has 0 bridgehead atoms. The Bertz CT molecular complexity index is 1210. The molecule has 0 N–H and O–H groups in total. The average Bonchev–Trinajstić information content (AvgIpc) is 3.16. The van der Waals surface area contributed by atoms with Gasteiger partial charge >= 0.3 is 0 Å². The van der Waals surface area contributed by atoms with Crippen molar-refractivity contribution in [2.24, 2.45) is 0 Å². The fourth-order valence-corrected chi connectivity index (χ4v) is 3.08. The summed E-state index contributed by atoms with van der Waals surface area (Å²) < 4.78 is 27.2. The van der Waals surface area contributed by atoms with Crippen molar-refractivity contribution < 1.29 is 13.9 Å². The Kier molecular flexibility index (Phi) is 4.57. The molecule has 2 aromatic carbocycles. The number of halogens is 1. The topological polar surface area (TPSA) is 57.8 Å². The second-order valence-electron chi connectivity index (χ2n) is 6.29. The van der Waals surface area contributed by atoms with Crippen LogP contribution in [0.5, 0.6) is 11.5 Å². The number of hydrogen-bond donors (Lipinski definition) is 0. The largest absolute Gasteiger partial charge is 0.497 e. The lowest BCUT2D eigenvalue weighted by Crippen LogP contribution is -2.21. The minimum Gasteiger partial charge on any atom is -0.497 e. The third-order valence-corrected chi connectivity index (χ3v) is 4.54. The monoisotopic (exact) mass is 379 g/mol. The highest BCUT2D eigenvalue weighted by atomic mass is 19.1. The molecule has 0 saturated carbocycles. The molecule has 142 valence electrons.